The topological polar surface area (TPSA) is 67.2 Å². The van der Waals surface area contributed by atoms with Crippen LogP contribution in [0.2, 0.25) is 0 Å². The maximum atomic E-state index is 12.3. The predicted octanol–water partition coefficient (Wildman–Crippen LogP) is 2.94. The number of carbonyl (C=O) groups is 1. The van der Waals surface area contributed by atoms with E-state index in [0.717, 1.165) is 28.9 Å². The van der Waals surface area contributed by atoms with Crippen molar-refractivity contribution in [1.29, 1.82) is 0 Å². The summed E-state index contributed by atoms with van der Waals surface area (Å²) in [6, 6.07) is 6.96. The average Bonchev–Trinajstić information content (AvgIpc) is 2.77. The highest BCUT2D eigenvalue weighted by molar-refractivity contribution is 5.76. The molecule has 2 N–H and O–H groups in total. The van der Waals surface area contributed by atoms with E-state index in [0.29, 0.717) is 12.8 Å². The van der Waals surface area contributed by atoms with Crippen LogP contribution in [0.3, 0.4) is 0 Å². The summed E-state index contributed by atoms with van der Waals surface area (Å²) in [5.41, 5.74) is 4.26. The van der Waals surface area contributed by atoms with Gasteiger partial charge in [-0.3, -0.25) is 9.48 Å². The largest absolute Gasteiger partial charge is 0.508 e. The lowest BCUT2D eigenvalue weighted by atomic mass is 10.0. The summed E-state index contributed by atoms with van der Waals surface area (Å²) in [5.74, 6) is 0.269. The highest BCUT2D eigenvalue weighted by Gasteiger charge is 2.15. The van der Waals surface area contributed by atoms with Crippen LogP contribution in [0.4, 0.5) is 0 Å². The van der Waals surface area contributed by atoms with Crippen molar-refractivity contribution in [2.45, 2.75) is 46.1 Å². The van der Waals surface area contributed by atoms with Crippen molar-refractivity contribution >= 4 is 5.91 Å². The van der Waals surface area contributed by atoms with E-state index >= 15 is 0 Å². The van der Waals surface area contributed by atoms with Gasteiger partial charge in [-0.25, -0.2) is 0 Å². The molecule has 0 bridgehead atoms. The molecule has 2 aromatic rings. The van der Waals surface area contributed by atoms with Crippen LogP contribution in [0.1, 0.15) is 48.3 Å². The van der Waals surface area contributed by atoms with Crippen molar-refractivity contribution in [1.82, 2.24) is 15.1 Å². The summed E-state index contributed by atoms with van der Waals surface area (Å²) in [4.78, 5) is 12.3. The summed E-state index contributed by atoms with van der Waals surface area (Å²) in [7, 11) is 1.92. The summed E-state index contributed by atoms with van der Waals surface area (Å²) in [5, 5.41) is 16.8. The second-order valence-corrected chi connectivity index (χ2v) is 5.89. The molecule has 23 heavy (non-hydrogen) atoms. The van der Waals surface area contributed by atoms with Crippen molar-refractivity contribution in [3.05, 3.63) is 46.8 Å². The fourth-order valence-electron chi connectivity index (χ4n) is 2.81. The Bertz CT molecular complexity index is 674. The van der Waals surface area contributed by atoms with Gasteiger partial charge in [-0.2, -0.15) is 5.10 Å². The van der Waals surface area contributed by atoms with Crippen molar-refractivity contribution in [3.63, 3.8) is 0 Å². The Balaban J connectivity index is 1.96. The van der Waals surface area contributed by atoms with Gasteiger partial charge in [-0.15, -0.1) is 0 Å². The van der Waals surface area contributed by atoms with Crippen LogP contribution in [0.25, 0.3) is 0 Å². The Morgan fingerprint density at radius 3 is 2.48 bits per heavy atom. The fraction of sp³-hybridized carbons (Fsp3) is 0.444. The molecule has 0 aliphatic rings. The molecule has 2 rings (SSSR count). The first-order valence-corrected chi connectivity index (χ1v) is 7.99. The maximum Gasteiger partial charge on any atom is 0.220 e. The van der Waals surface area contributed by atoms with Gasteiger partial charge in [0, 0.05) is 19.2 Å². The van der Waals surface area contributed by atoms with E-state index in [9.17, 15) is 9.90 Å². The van der Waals surface area contributed by atoms with Crippen LogP contribution in [0.15, 0.2) is 24.3 Å². The number of hydrogen-bond donors (Lipinski definition) is 2. The number of phenolic OH excluding ortho intramolecular Hbond substituents is 1. The van der Waals surface area contributed by atoms with Crippen LogP contribution in [-0.2, 0) is 18.3 Å². The summed E-state index contributed by atoms with van der Waals surface area (Å²) in [6.45, 7) is 6.04. The van der Waals surface area contributed by atoms with Gasteiger partial charge in [-0.05, 0) is 49.9 Å². The third kappa shape index (κ3) is 4.12. The normalized spacial score (nSPS) is 12.2. The zero-order valence-electron chi connectivity index (χ0n) is 14.3. The van der Waals surface area contributed by atoms with E-state index in [2.05, 4.69) is 10.4 Å². The molecule has 1 atom stereocenters. The predicted molar refractivity (Wildman–Crippen MR) is 90.3 cm³/mol. The zero-order valence-corrected chi connectivity index (χ0v) is 14.3. The molecule has 0 radical (unpaired) electrons. The molecule has 0 aliphatic heterocycles. The van der Waals surface area contributed by atoms with Crippen LogP contribution >= 0.6 is 0 Å². The number of aromatic nitrogens is 2. The van der Waals surface area contributed by atoms with E-state index in [1.807, 2.05) is 44.6 Å². The number of rotatable bonds is 6. The number of nitrogens with zero attached hydrogens (tertiary/aromatic N) is 2. The standard InChI is InChI=1S/C18H25N3O2/c1-5-17(14-6-8-15(22)9-7-14)19-18(23)11-10-16-12(2)20-21(4)13(16)3/h6-9,17,22H,5,10-11H2,1-4H3,(H,19,23). The molecule has 0 saturated carbocycles. The Kier molecular flexibility index (Phi) is 5.42. The average molecular weight is 315 g/mol. The SMILES string of the molecule is CCC(NC(=O)CCc1c(C)nn(C)c1C)c1ccc(O)cc1. The minimum atomic E-state index is -0.0285. The molecule has 1 aromatic heterocycles. The van der Waals surface area contributed by atoms with Gasteiger partial charge >= 0.3 is 0 Å². The van der Waals surface area contributed by atoms with E-state index < -0.39 is 0 Å². The van der Waals surface area contributed by atoms with Gasteiger partial charge in [0.05, 0.1) is 11.7 Å². The Labute approximate surface area is 137 Å². The number of hydrogen-bond acceptors (Lipinski definition) is 3. The third-order valence-electron chi connectivity index (χ3n) is 4.30. The molecule has 1 amide bonds. The first-order valence-electron chi connectivity index (χ1n) is 7.99. The lowest BCUT2D eigenvalue weighted by molar-refractivity contribution is -0.121. The molecule has 0 saturated heterocycles. The second kappa shape index (κ2) is 7.31. The highest BCUT2D eigenvalue weighted by Crippen LogP contribution is 2.20. The van der Waals surface area contributed by atoms with Crippen LogP contribution in [0, 0.1) is 13.8 Å². The molecule has 124 valence electrons. The quantitative estimate of drug-likeness (QED) is 0.861. The van der Waals surface area contributed by atoms with Crippen molar-refractivity contribution in [2.24, 2.45) is 7.05 Å². The molecular formula is C18H25N3O2. The maximum absolute atomic E-state index is 12.3. The molecule has 5 nitrogen and oxygen atoms in total. The molecule has 0 aliphatic carbocycles. The number of aromatic hydroxyl groups is 1. The molecule has 1 aromatic carbocycles. The van der Waals surface area contributed by atoms with E-state index in [4.69, 9.17) is 0 Å². The smallest absolute Gasteiger partial charge is 0.220 e. The minimum absolute atomic E-state index is 0.0285. The molecular weight excluding hydrogens is 290 g/mol. The zero-order chi connectivity index (χ0) is 17.0. The number of benzene rings is 1. The first-order chi connectivity index (χ1) is 10.9. The van der Waals surface area contributed by atoms with Crippen LogP contribution < -0.4 is 5.32 Å². The van der Waals surface area contributed by atoms with E-state index in [1.165, 1.54) is 0 Å². The van der Waals surface area contributed by atoms with Gasteiger partial charge in [-0.1, -0.05) is 19.1 Å². The van der Waals surface area contributed by atoms with Gasteiger partial charge in [0.2, 0.25) is 5.91 Å². The molecule has 0 spiro atoms. The Hall–Kier alpha value is -2.30. The summed E-state index contributed by atoms with van der Waals surface area (Å²) < 4.78 is 1.86. The Morgan fingerprint density at radius 1 is 1.30 bits per heavy atom. The minimum Gasteiger partial charge on any atom is -0.508 e. The molecule has 1 heterocycles. The molecule has 5 heteroatoms. The van der Waals surface area contributed by atoms with Gasteiger partial charge < -0.3 is 10.4 Å². The first kappa shape index (κ1) is 17.1. The van der Waals surface area contributed by atoms with Crippen LogP contribution in [0.5, 0.6) is 5.75 Å². The molecule has 1 unspecified atom stereocenters. The number of carbonyl (C=O) groups excluding carboxylic acids is 1. The van der Waals surface area contributed by atoms with E-state index in [1.54, 1.807) is 12.1 Å². The number of aryl methyl sites for hydroxylation is 2. The lowest BCUT2D eigenvalue weighted by Crippen LogP contribution is -2.28. The number of nitrogens with one attached hydrogen (secondary N) is 1. The number of amides is 1. The second-order valence-electron chi connectivity index (χ2n) is 5.89. The van der Waals surface area contributed by atoms with Crippen molar-refractivity contribution in [2.75, 3.05) is 0 Å². The summed E-state index contributed by atoms with van der Waals surface area (Å²) >= 11 is 0. The van der Waals surface area contributed by atoms with Gasteiger partial charge in [0.25, 0.3) is 0 Å². The van der Waals surface area contributed by atoms with E-state index in [-0.39, 0.29) is 17.7 Å². The van der Waals surface area contributed by atoms with Gasteiger partial charge in [0.1, 0.15) is 5.75 Å². The van der Waals surface area contributed by atoms with Gasteiger partial charge in [0.15, 0.2) is 0 Å². The monoisotopic (exact) mass is 315 g/mol. The lowest BCUT2D eigenvalue weighted by Gasteiger charge is -2.17. The van der Waals surface area contributed by atoms with Crippen LogP contribution in [-0.4, -0.2) is 20.8 Å². The fourth-order valence-corrected chi connectivity index (χ4v) is 2.81. The highest BCUT2D eigenvalue weighted by atomic mass is 16.3. The molecule has 0 fully saturated rings. The number of phenols is 1. The summed E-state index contributed by atoms with van der Waals surface area (Å²) in [6.07, 6.45) is 1.95. The van der Waals surface area contributed by atoms with Crippen molar-refractivity contribution < 1.29 is 9.90 Å². The Morgan fingerprint density at radius 2 is 1.96 bits per heavy atom. The van der Waals surface area contributed by atoms with Crippen molar-refractivity contribution in [3.8, 4) is 5.75 Å². The third-order valence-corrected chi connectivity index (χ3v) is 4.30.